The number of anilines is 1. The topological polar surface area (TPSA) is 66.5 Å². The second-order valence-electron chi connectivity index (χ2n) is 7.43. The van der Waals surface area contributed by atoms with Gasteiger partial charge < -0.3 is 5.32 Å². The molecular formula is C24H24Cl2N2O3S2. The first-order valence-electron chi connectivity index (χ1n) is 10.1. The maximum Gasteiger partial charge on any atom is 0.251 e. The number of benzene rings is 3. The van der Waals surface area contributed by atoms with Crippen LogP contribution in [0.3, 0.4) is 0 Å². The summed E-state index contributed by atoms with van der Waals surface area (Å²) in [4.78, 5) is 13.6. The van der Waals surface area contributed by atoms with Gasteiger partial charge in [-0.25, -0.2) is 8.42 Å². The molecule has 0 aliphatic carbocycles. The normalized spacial score (nSPS) is 11.3. The number of hydrogen-bond donors (Lipinski definition) is 1. The van der Waals surface area contributed by atoms with Crippen LogP contribution in [0.25, 0.3) is 0 Å². The van der Waals surface area contributed by atoms with Crippen molar-refractivity contribution in [1.29, 1.82) is 0 Å². The van der Waals surface area contributed by atoms with E-state index in [-0.39, 0.29) is 12.5 Å². The van der Waals surface area contributed by atoms with E-state index in [4.69, 9.17) is 23.2 Å². The van der Waals surface area contributed by atoms with Crippen LogP contribution in [0.15, 0.2) is 71.6 Å². The van der Waals surface area contributed by atoms with Gasteiger partial charge in [0.2, 0.25) is 10.0 Å². The van der Waals surface area contributed by atoms with Gasteiger partial charge in [-0.2, -0.15) is 0 Å². The van der Waals surface area contributed by atoms with Gasteiger partial charge in [0.15, 0.2) is 0 Å². The largest absolute Gasteiger partial charge is 0.351 e. The molecule has 0 radical (unpaired) electrons. The highest BCUT2D eigenvalue weighted by Crippen LogP contribution is 2.29. The van der Waals surface area contributed by atoms with Crippen LogP contribution in [0, 0.1) is 6.92 Å². The summed E-state index contributed by atoms with van der Waals surface area (Å²) in [6.07, 6.45) is 1.12. The lowest BCUT2D eigenvalue weighted by Crippen LogP contribution is -2.30. The van der Waals surface area contributed by atoms with E-state index in [0.29, 0.717) is 33.4 Å². The Bertz CT molecular complexity index is 1200. The van der Waals surface area contributed by atoms with Gasteiger partial charge in [0.05, 0.1) is 18.5 Å². The lowest BCUT2D eigenvalue weighted by molar-refractivity contribution is 0.0956. The van der Waals surface area contributed by atoms with E-state index in [1.807, 2.05) is 6.92 Å². The highest BCUT2D eigenvalue weighted by molar-refractivity contribution is 7.99. The van der Waals surface area contributed by atoms with Gasteiger partial charge in [-0.15, -0.1) is 11.8 Å². The van der Waals surface area contributed by atoms with E-state index in [2.05, 4.69) is 29.6 Å². The Kier molecular flexibility index (Phi) is 8.70. The van der Waals surface area contributed by atoms with Crippen LogP contribution >= 0.6 is 35.0 Å². The molecule has 9 heteroatoms. The van der Waals surface area contributed by atoms with Crippen molar-refractivity contribution in [3.05, 3.63) is 93.5 Å². The summed E-state index contributed by atoms with van der Waals surface area (Å²) in [5.41, 5.74) is 2.59. The second kappa shape index (κ2) is 11.3. The zero-order valence-corrected chi connectivity index (χ0v) is 21.4. The number of nitrogens with one attached hydrogen (secondary N) is 1. The van der Waals surface area contributed by atoms with Gasteiger partial charge in [-0.3, -0.25) is 9.10 Å². The number of nitrogens with zero attached hydrogens (tertiary/aromatic N) is 1. The van der Waals surface area contributed by atoms with Crippen molar-refractivity contribution in [1.82, 2.24) is 5.32 Å². The minimum atomic E-state index is -3.62. The van der Waals surface area contributed by atoms with Crippen LogP contribution in [0.5, 0.6) is 0 Å². The predicted octanol–water partition coefficient (Wildman–Crippen LogP) is 5.79. The number of halogens is 2. The molecule has 0 atom stereocenters. The van der Waals surface area contributed by atoms with Crippen LogP contribution in [-0.4, -0.2) is 32.9 Å². The SMILES string of the molecule is Cc1ccc(SCCNC(=O)c2ccc(N(Cc3c(Cl)cccc3Cl)S(C)(=O)=O)cc2)cc1. The molecule has 0 heterocycles. The van der Waals surface area contributed by atoms with Crippen LogP contribution in [-0.2, 0) is 16.6 Å². The van der Waals surface area contributed by atoms with Gasteiger partial charge in [-0.05, 0) is 55.5 Å². The minimum Gasteiger partial charge on any atom is -0.351 e. The average molecular weight is 524 g/mol. The molecule has 0 saturated heterocycles. The average Bonchev–Trinajstić information content (AvgIpc) is 2.77. The standard InChI is InChI=1S/C24H24Cl2N2O3S2/c1-17-6-12-20(13-7-17)32-15-14-27-24(29)18-8-10-19(11-9-18)28(33(2,30)31)16-21-22(25)4-3-5-23(21)26/h3-13H,14-16H2,1-2H3,(H,27,29). The fourth-order valence-corrected chi connectivity index (χ4v) is 5.23. The molecule has 0 aliphatic rings. The summed E-state index contributed by atoms with van der Waals surface area (Å²) in [6.45, 7) is 2.54. The number of rotatable bonds is 9. The Balaban J connectivity index is 1.64. The molecule has 0 spiro atoms. The van der Waals surface area contributed by atoms with Gasteiger partial charge in [0, 0.05) is 38.4 Å². The Labute approximate surface area is 209 Å². The number of sulfonamides is 1. The molecule has 0 aromatic heterocycles. The van der Waals surface area contributed by atoms with E-state index in [1.54, 1.807) is 54.2 Å². The smallest absolute Gasteiger partial charge is 0.251 e. The summed E-state index contributed by atoms with van der Waals surface area (Å²) in [5, 5.41) is 3.66. The van der Waals surface area contributed by atoms with E-state index in [0.717, 1.165) is 16.9 Å². The molecule has 3 aromatic carbocycles. The summed E-state index contributed by atoms with van der Waals surface area (Å²) in [7, 11) is -3.62. The second-order valence-corrected chi connectivity index (χ2v) is 11.3. The van der Waals surface area contributed by atoms with Crippen LogP contribution in [0.4, 0.5) is 5.69 Å². The minimum absolute atomic E-state index is 0.0148. The van der Waals surface area contributed by atoms with Gasteiger partial charge in [-0.1, -0.05) is 47.0 Å². The molecule has 0 saturated carbocycles. The quantitative estimate of drug-likeness (QED) is 0.285. The zero-order chi connectivity index (χ0) is 24.0. The fourth-order valence-electron chi connectivity index (χ4n) is 3.08. The first kappa shape index (κ1) is 25.4. The lowest BCUT2D eigenvalue weighted by atomic mass is 10.1. The summed E-state index contributed by atoms with van der Waals surface area (Å²) >= 11 is 14.1. The van der Waals surface area contributed by atoms with Crippen molar-refractivity contribution < 1.29 is 13.2 Å². The Hall–Kier alpha value is -2.19. The summed E-state index contributed by atoms with van der Waals surface area (Å²) in [5.74, 6) is 0.527. The number of carbonyl (C=O) groups is 1. The molecule has 174 valence electrons. The van der Waals surface area contributed by atoms with Crippen molar-refractivity contribution >= 4 is 56.6 Å². The molecule has 3 rings (SSSR count). The third-order valence-corrected chi connectivity index (χ3v) is 7.72. The Morgan fingerprint density at radius 3 is 2.15 bits per heavy atom. The zero-order valence-electron chi connectivity index (χ0n) is 18.2. The molecule has 0 unspecified atom stereocenters. The van der Waals surface area contributed by atoms with E-state index in [1.165, 1.54) is 9.87 Å². The fraction of sp³-hybridized carbons (Fsp3) is 0.208. The number of aryl methyl sites for hydroxylation is 1. The Morgan fingerprint density at radius 1 is 0.970 bits per heavy atom. The van der Waals surface area contributed by atoms with E-state index >= 15 is 0 Å². The molecule has 3 aromatic rings. The highest BCUT2D eigenvalue weighted by Gasteiger charge is 2.21. The van der Waals surface area contributed by atoms with Gasteiger partial charge in [0.25, 0.3) is 5.91 Å². The third-order valence-electron chi connectivity index (χ3n) is 4.86. The van der Waals surface area contributed by atoms with Crippen LogP contribution in [0.2, 0.25) is 10.0 Å². The first-order valence-corrected chi connectivity index (χ1v) is 13.7. The lowest BCUT2D eigenvalue weighted by Gasteiger charge is -2.23. The molecule has 33 heavy (non-hydrogen) atoms. The molecule has 1 amide bonds. The van der Waals surface area contributed by atoms with Gasteiger partial charge in [0.1, 0.15) is 0 Å². The third kappa shape index (κ3) is 7.14. The van der Waals surface area contributed by atoms with E-state index in [9.17, 15) is 13.2 Å². The maximum atomic E-state index is 12.5. The van der Waals surface area contributed by atoms with Gasteiger partial charge >= 0.3 is 0 Å². The Morgan fingerprint density at radius 2 is 1.58 bits per heavy atom. The highest BCUT2D eigenvalue weighted by atomic mass is 35.5. The number of carbonyl (C=O) groups excluding carboxylic acids is 1. The molecule has 1 N–H and O–H groups in total. The summed E-state index contributed by atoms with van der Waals surface area (Å²) < 4.78 is 26.1. The molecule has 0 fully saturated rings. The molecule has 5 nitrogen and oxygen atoms in total. The first-order chi connectivity index (χ1) is 15.6. The molecule has 0 bridgehead atoms. The van der Waals surface area contributed by atoms with E-state index < -0.39 is 10.0 Å². The number of hydrogen-bond acceptors (Lipinski definition) is 4. The van der Waals surface area contributed by atoms with Crippen molar-refractivity contribution in [3.63, 3.8) is 0 Å². The number of thioether (sulfide) groups is 1. The van der Waals surface area contributed by atoms with Crippen molar-refractivity contribution in [2.24, 2.45) is 0 Å². The van der Waals surface area contributed by atoms with Crippen LogP contribution < -0.4 is 9.62 Å². The van der Waals surface area contributed by atoms with Crippen molar-refractivity contribution in [3.8, 4) is 0 Å². The predicted molar refractivity (Wildman–Crippen MR) is 138 cm³/mol. The van der Waals surface area contributed by atoms with Crippen LogP contribution in [0.1, 0.15) is 21.5 Å². The van der Waals surface area contributed by atoms with Crippen molar-refractivity contribution in [2.75, 3.05) is 22.9 Å². The summed E-state index contributed by atoms with van der Waals surface area (Å²) in [6, 6.07) is 19.7. The molecular weight excluding hydrogens is 499 g/mol. The maximum absolute atomic E-state index is 12.5. The monoisotopic (exact) mass is 522 g/mol. The van der Waals surface area contributed by atoms with Crippen molar-refractivity contribution in [2.45, 2.75) is 18.4 Å². The molecule has 0 aliphatic heterocycles. The number of amides is 1.